The highest BCUT2D eigenvalue weighted by Crippen LogP contribution is 2.27. The van der Waals surface area contributed by atoms with Crippen LogP contribution in [0, 0.1) is 5.92 Å². The normalized spacial score (nSPS) is 33.9. The summed E-state index contributed by atoms with van der Waals surface area (Å²) in [6.45, 7) is 4.58. The average Bonchev–Trinajstić information content (AvgIpc) is 2.30. The Bertz CT molecular complexity index is 228. The van der Waals surface area contributed by atoms with Gasteiger partial charge in [0.2, 0.25) is 0 Å². The van der Waals surface area contributed by atoms with Crippen LogP contribution >= 0.6 is 0 Å². The van der Waals surface area contributed by atoms with Gasteiger partial charge >= 0.3 is 0 Å². The molecule has 0 aromatic rings. The van der Waals surface area contributed by atoms with E-state index in [0.29, 0.717) is 5.78 Å². The van der Waals surface area contributed by atoms with Crippen LogP contribution in [0.2, 0.25) is 0 Å². The molecular weight excluding hydrogens is 190 g/mol. The molecule has 15 heavy (non-hydrogen) atoms. The number of piperidine rings is 1. The Morgan fingerprint density at radius 2 is 2.07 bits per heavy atom. The predicted molar refractivity (Wildman–Crippen MR) is 58.8 cm³/mol. The highest BCUT2D eigenvalue weighted by Gasteiger charge is 2.38. The lowest BCUT2D eigenvalue weighted by Gasteiger charge is -2.37. The second kappa shape index (κ2) is 4.62. The molecule has 2 rings (SSSR count). The lowest BCUT2D eigenvalue weighted by Crippen LogP contribution is -2.55. The van der Waals surface area contributed by atoms with Crippen LogP contribution in [-0.2, 0) is 9.53 Å². The molecule has 2 saturated heterocycles. The fraction of sp³-hybridized carbons (Fsp3) is 0.917. The number of carbonyl (C=O) groups excluding carboxylic acids is 1. The van der Waals surface area contributed by atoms with Gasteiger partial charge in [0.05, 0.1) is 5.54 Å². The molecule has 0 aliphatic carbocycles. The number of hydrogen-bond acceptors (Lipinski definition) is 3. The van der Waals surface area contributed by atoms with Crippen molar-refractivity contribution in [1.29, 1.82) is 0 Å². The van der Waals surface area contributed by atoms with Crippen molar-refractivity contribution < 1.29 is 9.53 Å². The third-order valence-electron chi connectivity index (χ3n) is 3.75. The fourth-order valence-corrected chi connectivity index (χ4v) is 2.68. The van der Waals surface area contributed by atoms with Crippen LogP contribution in [0.25, 0.3) is 0 Å². The van der Waals surface area contributed by atoms with E-state index in [-0.39, 0.29) is 11.5 Å². The van der Waals surface area contributed by atoms with E-state index in [9.17, 15) is 4.79 Å². The first-order chi connectivity index (χ1) is 7.22. The van der Waals surface area contributed by atoms with Crippen LogP contribution in [0.1, 0.15) is 39.0 Å². The first-order valence-electron chi connectivity index (χ1n) is 6.09. The van der Waals surface area contributed by atoms with E-state index in [0.717, 1.165) is 39.0 Å². The minimum absolute atomic E-state index is 0.231. The highest BCUT2D eigenvalue weighted by atomic mass is 16.5. The van der Waals surface area contributed by atoms with Gasteiger partial charge in [0.25, 0.3) is 0 Å². The summed E-state index contributed by atoms with van der Waals surface area (Å²) >= 11 is 0. The first kappa shape index (κ1) is 11.1. The van der Waals surface area contributed by atoms with Crippen molar-refractivity contribution in [2.45, 2.75) is 44.6 Å². The molecular formula is C12H21NO2. The van der Waals surface area contributed by atoms with Gasteiger partial charge in [-0.15, -0.1) is 0 Å². The molecule has 0 radical (unpaired) electrons. The van der Waals surface area contributed by atoms with Gasteiger partial charge in [-0.1, -0.05) is 0 Å². The first-order valence-corrected chi connectivity index (χ1v) is 6.09. The minimum Gasteiger partial charge on any atom is -0.381 e. The fourth-order valence-electron chi connectivity index (χ4n) is 2.68. The number of rotatable bonds is 2. The van der Waals surface area contributed by atoms with Crippen molar-refractivity contribution in [2.75, 3.05) is 19.8 Å². The molecule has 1 atom stereocenters. The van der Waals surface area contributed by atoms with Crippen LogP contribution < -0.4 is 5.32 Å². The Labute approximate surface area is 91.6 Å². The van der Waals surface area contributed by atoms with Gasteiger partial charge in [-0.25, -0.2) is 0 Å². The topological polar surface area (TPSA) is 38.3 Å². The second-order valence-electron chi connectivity index (χ2n) is 4.97. The van der Waals surface area contributed by atoms with Gasteiger partial charge in [0.1, 0.15) is 0 Å². The quantitative estimate of drug-likeness (QED) is 0.752. The Morgan fingerprint density at radius 3 is 2.67 bits per heavy atom. The smallest absolute Gasteiger partial charge is 0.155 e. The number of carbonyl (C=O) groups is 1. The average molecular weight is 211 g/mol. The van der Waals surface area contributed by atoms with E-state index >= 15 is 0 Å². The summed E-state index contributed by atoms with van der Waals surface area (Å²) in [7, 11) is 0. The molecule has 3 nitrogen and oxygen atoms in total. The van der Waals surface area contributed by atoms with Crippen molar-refractivity contribution in [3.63, 3.8) is 0 Å². The van der Waals surface area contributed by atoms with Crippen LogP contribution in [-0.4, -0.2) is 31.1 Å². The Balaban J connectivity index is 1.98. The second-order valence-corrected chi connectivity index (χ2v) is 4.97. The Kier molecular flexibility index (Phi) is 3.42. The van der Waals surface area contributed by atoms with Gasteiger partial charge in [0, 0.05) is 19.1 Å². The predicted octanol–water partition coefficient (Wildman–Crippen LogP) is 1.51. The van der Waals surface area contributed by atoms with Crippen molar-refractivity contribution in [1.82, 2.24) is 5.32 Å². The zero-order valence-corrected chi connectivity index (χ0v) is 9.55. The zero-order chi connectivity index (χ0) is 10.7. The van der Waals surface area contributed by atoms with E-state index < -0.39 is 0 Å². The maximum Gasteiger partial charge on any atom is 0.155 e. The van der Waals surface area contributed by atoms with Crippen molar-refractivity contribution in [3.8, 4) is 0 Å². The summed E-state index contributed by atoms with van der Waals surface area (Å²) in [6.07, 6.45) is 5.21. The molecule has 2 heterocycles. The van der Waals surface area contributed by atoms with Gasteiger partial charge in [-0.05, 0) is 45.6 Å². The molecule has 0 saturated carbocycles. The molecule has 1 unspecified atom stereocenters. The summed E-state index contributed by atoms with van der Waals surface area (Å²) in [5, 5.41) is 3.40. The summed E-state index contributed by atoms with van der Waals surface area (Å²) in [5.41, 5.74) is -0.250. The number of Topliss-reactive ketones (excluding diaryl/α,β-unsaturated/α-hetero) is 1. The highest BCUT2D eigenvalue weighted by molar-refractivity contribution is 5.90. The standard InChI is InChI=1S/C12H21NO2/c1-12(6-2-3-7-13-12)11(14)10-4-8-15-9-5-10/h10,13H,2-9H2,1H3. The van der Waals surface area contributed by atoms with Crippen LogP contribution in [0.3, 0.4) is 0 Å². The molecule has 0 amide bonds. The molecule has 0 bridgehead atoms. The number of hydrogen-bond donors (Lipinski definition) is 1. The van der Waals surface area contributed by atoms with Crippen molar-refractivity contribution in [3.05, 3.63) is 0 Å². The number of ketones is 1. The molecule has 2 aliphatic rings. The Hall–Kier alpha value is -0.410. The largest absolute Gasteiger partial charge is 0.381 e. The molecule has 2 aliphatic heterocycles. The lowest BCUT2D eigenvalue weighted by atomic mass is 9.78. The van der Waals surface area contributed by atoms with Crippen LogP contribution in [0.5, 0.6) is 0 Å². The molecule has 0 spiro atoms. The van der Waals surface area contributed by atoms with E-state index in [4.69, 9.17) is 4.74 Å². The third kappa shape index (κ3) is 2.40. The zero-order valence-electron chi connectivity index (χ0n) is 9.55. The van der Waals surface area contributed by atoms with Crippen molar-refractivity contribution in [2.24, 2.45) is 5.92 Å². The maximum atomic E-state index is 12.4. The number of ether oxygens (including phenoxy) is 1. The SMILES string of the molecule is CC1(C(=O)C2CCOCC2)CCCCN1. The van der Waals surface area contributed by atoms with Gasteiger partial charge in [0.15, 0.2) is 5.78 Å². The van der Waals surface area contributed by atoms with E-state index in [1.54, 1.807) is 0 Å². The lowest BCUT2D eigenvalue weighted by molar-refractivity contribution is -0.132. The summed E-state index contributed by atoms with van der Waals surface area (Å²) in [6, 6.07) is 0. The molecule has 3 heteroatoms. The molecule has 86 valence electrons. The van der Waals surface area contributed by atoms with E-state index in [1.165, 1.54) is 12.8 Å². The van der Waals surface area contributed by atoms with Crippen LogP contribution in [0.15, 0.2) is 0 Å². The van der Waals surface area contributed by atoms with E-state index in [2.05, 4.69) is 12.2 Å². The molecule has 2 fully saturated rings. The van der Waals surface area contributed by atoms with Gasteiger partial charge in [-0.2, -0.15) is 0 Å². The molecule has 0 aromatic carbocycles. The minimum atomic E-state index is -0.250. The molecule has 0 aromatic heterocycles. The Morgan fingerprint density at radius 1 is 1.33 bits per heavy atom. The number of nitrogens with one attached hydrogen (secondary N) is 1. The van der Waals surface area contributed by atoms with E-state index in [1.807, 2.05) is 0 Å². The monoisotopic (exact) mass is 211 g/mol. The van der Waals surface area contributed by atoms with Gasteiger partial charge in [-0.3, -0.25) is 4.79 Å². The van der Waals surface area contributed by atoms with Gasteiger partial charge < -0.3 is 10.1 Å². The third-order valence-corrected chi connectivity index (χ3v) is 3.75. The van der Waals surface area contributed by atoms with Crippen LogP contribution in [0.4, 0.5) is 0 Å². The summed E-state index contributed by atoms with van der Waals surface area (Å²) < 4.78 is 5.30. The van der Waals surface area contributed by atoms with Crippen molar-refractivity contribution >= 4 is 5.78 Å². The maximum absolute atomic E-state index is 12.4. The summed E-state index contributed by atoms with van der Waals surface area (Å²) in [5.74, 6) is 0.653. The molecule has 1 N–H and O–H groups in total. The summed E-state index contributed by atoms with van der Waals surface area (Å²) in [4.78, 5) is 12.4.